The third-order valence-corrected chi connectivity index (χ3v) is 3.77. The Bertz CT molecular complexity index is 601. The lowest BCUT2D eigenvalue weighted by Crippen LogP contribution is -2.23. The van der Waals surface area contributed by atoms with Crippen molar-refractivity contribution in [3.63, 3.8) is 0 Å². The molecular weight excluding hydrogens is 284 g/mol. The van der Waals surface area contributed by atoms with Gasteiger partial charge in [-0.15, -0.1) is 6.42 Å². The number of benzene rings is 2. The number of esters is 1. The van der Waals surface area contributed by atoms with Gasteiger partial charge in [0.2, 0.25) is 0 Å². The summed E-state index contributed by atoms with van der Waals surface area (Å²) in [5, 5.41) is 0. The minimum atomic E-state index is -0.461. The van der Waals surface area contributed by atoms with Crippen LogP contribution in [0.1, 0.15) is 43.2 Å². The molecule has 0 aliphatic carbocycles. The van der Waals surface area contributed by atoms with Gasteiger partial charge in [0.15, 0.2) is 6.10 Å². The van der Waals surface area contributed by atoms with E-state index in [0.717, 1.165) is 24.0 Å². The summed E-state index contributed by atoms with van der Waals surface area (Å²) >= 11 is 0. The summed E-state index contributed by atoms with van der Waals surface area (Å²) in [4.78, 5) is 12.8. The molecular formula is C21H22O2. The summed E-state index contributed by atoms with van der Waals surface area (Å²) in [7, 11) is 0. The first kappa shape index (κ1) is 16.8. The first-order chi connectivity index (χ1) is 11.3. The number of carbonyl (C=O) groups is 1. The molecule has 2 heteroatoms. The van der Waals surface area contributed by atoms with Crippen molar-refractivity contribution in [2.24, 2.45) is 0 Å². The zero-order valence-electron chi connectivity index (χ0n) is 13.4. The topological polar surface area (TPSA) is 26.3 Å². The van der Waals surface area contributed by atoms with Gasteiger partial charge in [0.25, 0.3) is 0 Å². The molecule has 2 aromatic carbocycles. The van der Waals surface area contributed by atoms with Gasteiger partial charge in [-0.2, -0.15) is 0 Å². The normalized spacial score (nSPS) is 11.7. The number of hydrogen-bond donors (Lipinski definition) is 0. The Labute approximate surface area is 138 Å². The van der Waals surface area contributed by atoms with Gasteiger partial charge >= 0.3 is 5.97 Å². The van der Waals surface area contributed by atoms with Gasteiger partial charge in [-0.3, -0.25) is 4.79 Å². The smallest absolute Gasteiger partial charge is 0.319 e. The fraction of sp³-hybridized carbons (Fsp3) is 0.286. The molecule has 0 amide bonds. The fourth-order valence-electron chi connectivity index (χ4n) is 2.53. The average molecular weight is 306 g/mol. The highest BCUT2D eigenvalue weighted by atomic mass is 16.5. The van der Waals surface area contributed by atoms with Gasteiger partial charge in [-0.05, 0) is 24.0 Å². The minimum absolute atomic E-state index is 0.290. The van der Waals surface area contributed by atoms with E-state index in [2.05, 4.69) is 12.8 Å². The van der Waals surface area contributed by atoms with Crippen LogP contribution in [0.4, 0.5) is 0 Å². The van der Waals surface area contributed by atoms with Gasteiger partial charge in [0, 0.05) is 0 Å². The number of terminal acetylenes is 1. The predicted octanol–water partition coefficient (Wildman–Crippen LogP) is 4.55. The maximum Gasteiger partial charge on any atom is 0.319 e. The van der Waals surface area contributed by atoms with Crippen LogP contribution in [0.5, 0.6) is 0 Å². The standard InChI is InChI=1S/C21H22O2/c1-3-5-16-19(4-2)23-21(22)20(17-12-8-6-9-13-17)18-14-10-7-11-15-18/h2,6-15,19-20H,3,5,16H2,1H3/t19-/m0/s1. The second-order valence-electron chi connectivity index (χ2n) is 5.49. The highest BCUT2D eigenvalue weighted by Gasteiger charge is 2.26. The highest BCUT2D eigenvalue weighted by molar-refractivity contribution is 5.82. The summed E-state index contributed by atoms with van der Waals surface area (Å²) in [6.45, 7) is 2.09. The molecule has 0 bridgehead atoms. The Morgan fingerprint density at radius 3 is 2.00 bits per heavy atom. The summed E-state index contributed by atoms with van der Waals surface area (Å²) in [5.41, 5.74) is 1.82. The van der Waals surface area contributed by atoms with Crippen LogP contribution in [-0.4, -0.2) is 12.1 Å². The highest BCUT2D eigenvalue weighted by Crippen LogP contribution is 2.26. The minimum Gasteiger partial charge on any atom is -0.448 e. The molecule has 0 spiro atoms. The molecule has 1 atom stereocenters. The number of unbranched alkanes of at least 4 members (excludes halogenated alkanes) is 1. The SMILES string of the molecule is C#C[C@@H](CCCC)OC(=O)C(c1ccccc1)c1ccccc1. The van der Waals surface area contributed by atoms with E-state index in [4.69, 9.17) is 11.2 Å². The molecule has 0 saturated carbocycles. The lowest BCUT2D eigenvalue weighted by Gasteiger charge is -2.20. The lowest BCUT2D eigenvalue weighted by molar-refractivity contribution is -0.147. The number of ether oxygens (including phenoxy) is 1. The van der Waals surface area contributed by atoms with Gasteiger partial charge in [0.1, 0.15) is 5.92 Å². The Balaban J connectivity index is 2.24. The summed E-state index contributed by atoms with van der Waals surface area (Å²) in [6, 6.07) is 19.3. The first-order valence-electron chi connectivity index (χ1n) is 8.02. The molecule has 23 heavy (non-hydrogen) atoms. The Morgan fingerprint density at radius 2 is 1.57 bits per heavy atom. The van der Waals surface area contributed by atoms with Crippen molar-refractivity contribution in [1.29, 1.82) is 0 Å². The van der Waals surface area contributed by atoms with Crippen LogP contribution in [0, 0.1) is 12.3 Å². The fourth-order valence-corrected chi connectivity index (χ4v) is 2.53. The Morgan fingerprint density at radius 1 is 1.04 bits per heavy atom. The number of rotatable bonds is 7. The molecule has 0 aliphatic rings. The molecule has 0 heterocycles. The molecule has 0 unspecified atom stereocenters. The second-order valence-corrected chi connectivity index (χ2v) is 5.49. The van der Waals surface area contributed by atoms with E-state index < -0.39 is 12.0 Å². The third-order valence-electron chi connectivity index (χ3n) is 3.77. The van der Waals surface area contributed by atoms with Crippen molar-refractivity contribution >= 4 is 5.97 Å². The average Bonchev–Trinajstić information content (AvgIpc) is 2.60. The third kappa shape index (κ3) is 4.72. The van der Waals surface area contributed by atoms with Crippen LogP contribution >= 0.6 is 0 Å². The molecule has 0 saturated heterocycles. The van der Waals surface area contributed by atoms with Gasteiger partial charge in [0.05, 0.1) is 0 Å². The summed E-state index contributed by atoms with van der Waals surface area (Å²) in [5.74, 6) is 1.84. The lowest BCUT2D eigenvalue weighted by atomic mass is 9.91. The molecule has 2 aromatic rings. The van der Waals surface area contributed by atoms with Crippen molar-refractivity contribution in [2.75, 3.05) is 0 Å². The van der Waals surface area contributed by atoms with E-state index in [1.54, 1.807) is 0 Å². The molecule has 0 aliphatic heterocycles. The predicted molar refractivity (Wildman–Crippen MR) is 93.0 cm³/mol. The van der Waals surface area contributed by atoms with Crippen LogP contribution in [-0.2, 0) is 9.53 Å². The van der Waals surface area contributed by atoms with Gasteiger partial charge < -0.3 is 4.74 Å². The second kappa shape index (κ2) is 8.80. The summed E-state index contributed by atoms with van der Waals surface area (Å²) in [6.07, 6.45) is 7.73. The van der Waals surface area contributed by atoms with Crippen molar-refractivity contribution in [1.82, 2.24) is 0 Å². The van der Waals surface area contributed by atoms with Crippen LogP contribution in [0.25, 0.3) is 0 Å². The van der Waals surface area contributed by atoms with E-state index in [1.807, 2.05) is 60.7 Å². The van der Waals surface area contributed by atoms with Crippen molar-refractivity contribution in [3.05, 3.63) is 71.8 Å². The van der Waals surface area contributed by atoms with Crippen LogP contribution in [0.2, 0.25) is 0 Å². The zero-order chi connectivity index (χ0) is 16.5. The zero-order valence-corrected chi connectivity index (χ0v) is 13.4. The quantitative estimate of drug-likeness (QED) is 0.554. The first-order valence-corrected chi connectivity index (χ1v) is 8.02. The molecule has 0 radical (unpaired) electrons. The Kier molecular flexibility index (Phi) is 6.44. The van der Waals surface area contributed by atoms with E-state index >= 15 is 0 Å². The van der Waals surface area contributed by atoms with Crippen molar-refractivity contribution < 1.29 is 9.53 Å². The van der Waals surface area contributed by atoms with Crippen molar-refractivity contribution in [2.45, 2.75) is 38.2 Å². The maximum absolute atomic E-state index is 12.8. The van der Waals surface area contributed by atoms with Crippen LogP contribution < -0.4 is 0 Å². The molecule has 0 fully saturated rings. The molecule has 2 rings (SSSR count). The van der Waals surface area contributed by atoms with E-state index in [-0.39, 0.29) is 5.97 Å². The monoisotopic (exact) mass is 306 g/mol. The van der Waals surface area contributed by atoms with E-state index in [1.165, 1.54) is 0 Å². The summed E-state index contributed by atoms with van der Waals surface area (Å²) < 4.78 is 5.60. The van der Waals surface area contributed by atoms with Gasteiger partial charge in [-0.1, -0.05) is 79.9 Å². The number of carbonyl (C=O) groups excluding carboxylic acids is 1. The molecule has 0 N–H and O–H groups in total. The largest absolute Gasteiger partial charge is 0.448 e. The molecule has 2 nitrogen and oxygen atoms in total. The van der Waals surface area contributed by atoms with Crippen LogP contribution in [0.15, 0.2) is 60.7 Å². The molecule has 118 valence electrons. The van der Waals surface area contributed by atoms with Gasteiger partial charge in [-0.25, -0.2) is 0 Å². The maximum atomic E-state index is 12.8. The van der Waals surface area contributed by atoms with E-state index in [0.29, 0.717) is 6.42 Å². The number of hydrogen-bond acceptors (Lipinski definition) is 2. The van der Waals surface area contributed by atoms with Crippen LogP contribution in [0.3, 0.4) is 0 Å². The van der Waals surface area contributed by atoms with E-state index in [9.17, 15) is 4.79 Å². The molecule has 0 aromatic heterocycles. The Hall–Kier alpha value is -2.53. The van der Waals surface area contributed by atoms with Crippen molar-refractivity contribution in [3.8, 4) is 12.3 Å².